The van der Waals surface area contributed by atoms with Crippen molar-refractivity contribution >= 4 is 37.7 Å². The molecule has 5 heavy (non-hydrogen) atoms. The molecule has 0 atom stereocenters. The maximum Gasteiger partial charge on any atom is 0 e. The van der Waals surface area contributed by atoms with Crippen LogP contribution < -0.4 is 0 Å². The predicted molar refractivity (Wildman–Crippen MR) is 5.75 cm³/mol. The monoisotopic (exact) mass is 274 g/mol. The molecule has 5 heteroatoms. The van der Waals surface area contributed by atoms with E-state index in [2.05, 4.69) is 0 Å². The van der Waals surface area contributed by atoms with Gasteiger partial charge in [-0.05, 0) is 0 Å². The summed E-state index contributed by atoms with van der Waals surface area (Å²) in [6.45, 7) is 0. The molecule has 0 saturated heterocycles. The van der Waals surface area contributed by atoms with Crippen LogP contribution in [0.25, 0.3) is 0 Å². The molecular formula is CaCrCuMnZn. The summed E-state index contributed by atoms with van der Waals surface area (Å²) >= 11 is 0. The molecule has 0 heterocycles. The second kappa shape index (κ2) is 26.0. The van der Waals surface area contributed by atoms with Gasteiger partial charge in [0.1, 0.15) is 0 Å². The van der Waals surface area contributed by atoms with Crippen molar-refractivity contribution < 1.29 is 71.0 Å². The van der Waals surface area contributed by atoms with Gasteiger partial charge < -0.3 is 0 Å². The van der Waals surface area contributed by atoms with Crippen LogP contribution in [0.4, 0.5) is 0 Å². The van der Waals surface area contributed by atoms with Crippen LogP contribution >= 0.6 is 0 Å². The zero-order chi connectivity index (χ0) is 0. The van der Waals surface area contributed by atoms with Gasteiger partial charge in [-0.3, -0.25) is 0 Å². The predicted octanol–water partition coefficient (Wildman–Crippen LogP) is -0.391. The SMILES string of the molecule is [Ca].[Cr].[Cu].[Mn].[Zn]. The van der Waals surface area contributed by atoms with E-state index in [1.807, 2.05) is 0 Å². The summed E-state index contributed by atoms with van der Waals surface area (Å²) in [5, 5.41) is 0. The van der Waals surface area contributed by atoms with Gasteiger partial charge in [-0.25, -0.2) is 0 Å². The Balaban J connectivity index is 0. The summed E-state index contributed by atoms with van der Waals surface area (Å²) in [6, 6.07) is 0. The molecule has 0 aromatic carbocycles. The molecule has 0 N–H and O–H groups in total. The van der Waals surface area contributed by atoms with Crippen LogP contribution in [0.1, 0.15) is 0 Å². The molecule has 0 spiro atoms. The Morgan fingerprint density at radius 3 is 1.00 bits per heavy atom. The first-order chi connectivity index (χ1) is 0. The van der Waals surface area contributed by atoms with E-state index in [9.17, 15) is 0 Å². The quantitative estimate of drug-likeness (QED) is 0.529. The van der Waals surface area contributed by atoms with Crippen molar-refractivity contribution in [3.63, 3.8) is 0 Å². The largest absolute Gasteiger partial charge is 0 e. The number of hydrogen-bond acceptors (Lipinski definition) is 0. The van der Waals surface area contributed by atoms with Crippen molar-refractivity contribution in [2.45, 2.75) is 0 Å². The van der Waals surface area contributed by atoms with Crippen molar-refractivity contribution in [2.24, 2.45) is 0 Å². The normalized spacial score (nSPS) is 0. The summed E-state index contributed by atoms with van der Waals surface area (Å²) in [7, 11) is 0. The van der Waals surface area contributed by atoms with Crippen LogP contribution in [0.15, 0.2) is 0 Å². The zero-order valence-electron chi connectivity index (χ0n) is 2.50. The molecular weight excluding hydrogens is 276 g/mol. The van der Waals surface area contributed by atoms with Crippen molar-refractivity contribution in [3.05, 3.63) is 0 Å². The summed E-state index contributed by atoms with van der Waals surface area (Å²) < 4.78 is 0. The Morgan fingerprint density at radius 2 is 1.00 bits per heavy atom. The molecule has 28 valence electrons. The van der Waals surface area contributed by atoms with Crippen LogP contribution in [-0.2, 0) is 71.0 Å². The third kappa shape index (κ3) is 18.6. The third-order valence-corrected chi connectivity index (χ3v) is 0. The minimum absolute atomic E-state index is 0. The van der Waals surface area contributed by atoms with E-state index in [0.29, 0.717) is 0 Å². The smallest absolute Gasteiger partial charge is 0 e. The Labute approximate surface area is 106 Å². The van der Waals surface area contributed by atoms with Crippen LogP contribution in [0.2, 0.25) is 0 Å². The molecule has 0 aromatic rings. The second-order valence-corrected chi connectivity index (χ2v) is 0. The first kappa shape index (κ1) is 39.4. The molecule has 0 nitrogen and oxygen atoms in total. The van der Waals surface area contributed by atoms with Gasteiger partial charge in [0.05, 0.1) is 0 Å². The van der Waals surface area contributed by atoms with Gasteiger partial charge >= 0.3 is 0 Å². The van der Waals surface area contributed by atoms with Crippen molar-refractivity contribution in [3.8, 4) is 0 Å². The minimum atomic E-state index is 0. The topological polar surface area (TPSA) is 0 Å². The van der Waals surface area contributed by atoms with E-state index in [-0.39, 0.29) is 109 Å². The molecule has 0 rings (SSSR count). The molecule has 4 radical (unpaired) electrons. The maximum absolute atomic E-state index is 0. The van der Waals surface area contributed by atoms with Gasteiger partial charge in [-0.2, -0.15) is 0 Å². The Bertz CT molecular complexity index is 11.6. The van der Waals surface area contributed by atoms with Crippen molar-refractivity contribution in [1.82, 2.24) is 0 Å². The summed E-state index contributed by atoms with van der Waals surface area (Å²) in [4.78, 5) is 0. The van der Waals surface area contributed by atoms with Crippen LogP contribution in [0.5, 0.6) is 0 Å². The fraction of sp³-hybridized carbons (Fsp3) is 0. The Morgan fingerprint density at radius 1 is 1.00 bits per heavy atom. The van der Waals surface area contributed by atoms with E-state index >= 15 is 0 Å². The first-order valence-electron chi connectivity index (χ1n) is 0. The summed E-state index contributed by atoms with van der Waals surface area (Å²) in [5.74, 6) is 0. The van der Waals surface area contributed by atoms with E-state index in [1.54, 1.807) is 0 Å². The van der Waals surface area contributed by atoms with E-state index < -0.39 is 0 Å². The third-order valence-electron chi connectivity index (χ3n) is 0. The van der Waals surface area contributed by atoms with Crippen molar-refractivity contribution in [2.75, 3.05) is 0 Å². The molecule has 0 amide bonds. The molecule has 0 aliphatic rings. The van der Waals surface area contributed by atoms with Crippen LogP contribution in [0, 0.1) is 0 Å². The first-order valence-corrected chi connectivity index (χ1v) is 0. The average molecular weight is 276 g/mol. The van der Waals surface area contributed by atoms with Gasteiger partial charge in [0.25, 0.3) is 0 Å². The summed E-state index contributed by atoms with van der Waals surface area (Å²) in [5.41, 5.74) is 0. The van der Waals surface area contributed by atoms with Gasteiger partial charge in [0.2, 0.25) is 0 Å². The maximum atomic E-state index is 0. The average Bonchev–Trinajstić information content (AvgIpc) is 0. The van der Waals surface area contributed by atoms with Gasteiger partial charge in [0.15, 0.2) is 0 Å². The molecule has 0 unspecified atom stereocenters. The number of rotatable bonds is 0. The van der Waals surface area contributed by atoms with E-state index in [1.165, 1.54) is 0 Å². The van der Waals surface area contributed by atoms with E-state index in [4.69, 9.17) is 0 Å². The van der Waals surface area contributed by atoms with Gasteiger partial charge in [-0.1, -0.05) is 0 Å². The fourth-order valence-electron chi connectivity index (χ4n) is 0. The van der Waals surface area contributed by atoms with Crippen LogP contribution in [0.3, 0.4) is 0 Å². The summed E-state index contributed by atoms with van der Waals surface area (Å²) in [6.07, 6.45) is 0. The molecule has 0 fully saturated rings. The Hall–Kier alpha value is 3.45. The Kier molecular flexibility index (Phi) is 205. The van der Waals surface area contributed by atoms with Gasteiger partial charge in [0, 0.05) is 109 Å². The molecule has 0 saturated carbocycles. The molecule has 0 aliphatic carbocycles. The second-order valence-electron chi connectivity index (χ2n) is 0. The van der Waals surface area contributed by atoms with Gasteiger partial charge in [-0.15, -0.1) is 0 Å². The van der Waals surface area contributed by atoms with Crippen LogP contribution in [-0.4, -0.2) is 37.7 Å². The molecule has 0 aliphatic heterocycles. The van der Waals surface area contributed by atoms with Crippen molar-refractivity contribution in [1.29, 1.82) is 0 Å². The standard InChI is InChI=1S/Ca.Cr.Cu.Mn.Zn. The minimum Gasteiger partial charge on any atom is 0 e. The zero-order valence-corrected chi connectivity index (χ0v) is 11.1. The van der Waals surface area contributed by atoms with E-state index in [0.717, 1.165) is 0 Å². The molecule has 0 aromatic heterocycles. The fourth-order valence-corrected chi connectivity index (χ4v) is 0. The number of hydrogen-bond donors (Lipinski definition) is 0. The molecule has 0 bridgehead atoms.